The average Bonchev–Trinajstić information content (AvgIpc) is 3.01. The van der Waals surface area contributed by atoms with Crippen molar-refractivity contribution < 1.29 is 18.3 Å². The Hall–Kier alpha value is -2.06. The second kappa shape index (κ2) is 7.28. The zero-order valence-corrected chi connectivity index (χ0v) is 12.8. The Morgan fingerprint density at radius 3 is 2.82 bits per heavy atom. The number of nitrogens with zero attached hydrogens (tertiary/aromatic N) is 1. The molecule has 2 N–H and O–H groups in total. The predicted molar refractivity (Wildman–Crippen MR) is 80.0 cm³/mol. The van der Waals surface area contributed by atoms with Gasteiger partial charge in [0.1, 0.15) is 0 Å². The van der Waals surface area contributed by atoms with Crippen LogP contribution in [0.5, 0.6) is 5.75 Å². The summed E-state index contributed by atoms with van der Waals surface area (Å²) in [6.07, 6.45) is 1.58. The van der Waals surface area contributed by atoms with Crippen LogP contribution in [0.3, 0.4) is 0 Å². The van der Waals surface area contributed by atoms with E-state index in [0.29, 0.717) is 5.13 Å². The monoisotopic (exact) mass is 327 g/mol. The summed E-state index contributed by atoms with van der Waals surface area (Å²) in [7, 11) is 1.26. The van der Waals surface area contributed by atoms with E-state index in [1.165, 1.54) is 30.6 Å². The van der Waals surface area contributed by atoms with Crippen LogP contribution < -0.4 is 15.4 Å². The van der Waals surface area contributed by atoms with E-state index in [-0.39, 0.29) is 23.8 Å². The van der Waals surface area contributed by atoms with Crippen molar-refractivity contribution in [2.75, 3.05) is 12.4 Å². The molecular formula is C14H15F2N3O2S. The summed E-state index contributed by atoms with van der Waals surface area (Å²) < 4.78 is 32.1. The lowest BCUT2D eigenvalue weighted by Crippen LogP contribution is -2.37. The Morgan fingerprint density at radius 2 is 2.18 bits per heavy atom. The molecule has 0 aliphatic heterocycles. The Kier molecular flexibility index (Phi) is 5.40. The van der Waals surface area contributed by atoms with Crippen molar-refractivity contribution in [3.63, 3.8) is 0 Å². The molecule has 0 bridgehead atoms. The fraction of sp³-hybridized carbons (Fsp3) is 0.286. The minimum atomic E-state index is -1.04. The molecule has 8 heteroatoms. The molecule has 118 valence electrons. The number of benzene rings is 1. The summed E-state index contributed by atoms with van der Waals surface area (Å²) in [6, 6.07) is 2.17. The molecular weight excluding hydrogens is 312 g/mol. The van der Waals surface area contributed by atoms with Crippen molar-refractivity contribution in [1.82, 2.24) is 10.3 Å². The summed E-state index contributed by atoms with van der Waals surface area (Å²) >= 11 is 1.30. The first-order valence-corrected chi connectivity index (χ1v) is 7.35. The van der Waals surface area contributed by atoms with Gasteiger partial charge in [-0.2, -0.15) is 4.39 Å². The highest BCUT2D eigenvalue weighted by Crippen LogP contribution is 2.22. The van der Waals surface area contributed by atoms with Gasteiger partial charge in [0.15, 0.2) is 16.7 Å². The van der Waals surface area contributed by atoms with Gasteiger partial charge in [-0.25, -0.2) is 9.37 Å². The van der Waals surface area contributed by atoms with Crippen molar-refractivity contribution in [2.24, 2.45) is 0 Å². The molecule has 0 saturated heterocycles. The van der Waals surface area contributed by atoms with Crippen molar-refractivity contribution in [3.8, 4) is 5.75 Å². The number of halogens is 2. The van der Waals surface area contributed by atoms with Gasteiger partial charge < -0.3 is 15.4 Å². The van der Waals surface area contributed by atoms with Gasteiger partial charge in [-0.3, -0.25) is 4.79 Å². The van der Waals surface area contributed by atoms with E-state index in [0.717, 1.165) is 0 Å². The van der Waals surface area contributed by atoms with Crippen LogP contribution in [0.15, 0.2) is 23.7 Å². The number of nitrogens with one attached hydrogen (secondary N) is 2. The number of carbonyl (C=O) groups excluding carboxylic acids is 1. The van der Waals surface area contributed by atoms with Gasteiger partial charge in [0, 0.05) is 23.7 Å². The standard InChI is InChI=1S/C14H15F2N3O2S/c1-8(13(20)19-14-17-5-6-22-14)18-7-9-3-4-10(21-2)12(16)11(9)15/h3-6,8,18H,7H2,1-2H3,(H,17,19,20)/t8-/m1/s1. The molecule has 1 atom stereocenters. The van der Waals surface area contributed by atoms with E-state index in [4.69, 9.17) is 4.74 Å². The minimum absolute atomic E-state index is 0.0131. The van der Waals surface area contributed by atoms with Crippen LogP contribution >= 0.6 is 11.3 Å². The van der Waals surface area contributed by atoms with E-state index >= 15 is 0 Å². The highest BCUT2D eigenvalue weighted by molar-refractivity contribution is 7.13. The molecule has 1 heterocycles. The fourth-order valence-electron chi connectivity index (χ4n) is 1.72. The number of ether oxygens (including phenoxy) is 1. The normalized spacial score (nSPS) is 12.0. The lowest BCUT2D eigenvalue weighted by molar-refractivity contribution is -0.117. The number of hydrogen-bond acceptors (Lipinski definition) is 5. The molecule has 0 aliphatic rings. The first kappa shape index (κ1) is 16.3. The molecule has 2 rings (SSSR count). The molecule has 1 aromatic carbocycles. The van der Waals surface area contributed by atoms with Gasteiger partial charge in [0.2, 0.25) is 11.7 Å². The van der Waals surface area contributed by atoms with Crippen LogP contribution in [0.25, 0.3) is 0 Å². The van der Waals surface area contributed by atoms with E-state index in [1.54, 1.807) is 18.5 Å². The molecule has 1 aromatic heterocycles. The highest BCUT2D eigenvalue weighted by atomic mass is 32.1. The van der Waals surface area contributed by atoms with Crippen molar-refractivity contribution >= 4 is 22.4 Å². The van der Waals surface area contributed by atoms with Crippen LogP contribution in [-0.2, 0) is 11.3 Å². The topological polar surface area (TPSA) is 63.2 Å². The van der Waals surface area contributed by atoms with Crippen molar-refractivity contribution in [2.45, 2.75) is 19.5 Å². The van der Waals surface area contributed by atoms with Gasteiger partial charge in [-0.05, 0) is 13.0 Å². The number of amides is 1. The quantitative estimate of drug-likeness (QED) is 0.856. The van der Waals surface area contributed by atoms with Gasteiger partial charge >= 0.3 is 0 Å². The maximum absolute atomic E-state index is 13.8. The van der Waals surface area contributed by atoms with E-state index in [1.807, 2.05) is 0 Å². The van der Waals surface area contributed by atoms with Crippen LogP contribution in [0.4, 0.5) is 13.9 Å². The average molecular weight is 327 g/mol. The lowest BCUT2D eigenvalue weighted by atomic mass is 10.1. The molecule has 2 aromatic rings. The first-order chi connectivity index (χ1) is 10.5. The van der Waals surface area contributed by atoms with Gasteiger partial charge in [-0.1, -0.05) is 6.07 Å². The molecule has 22 heavy (non-hydrogen) atoms. The Bertz CT molecular complexity index is 650. The number of thiazole rings is 1. The summed E-state index contributed by atoms with van der Waals surface area (Å²) in [6.45, 7) is 1.64. The summed E-state index contributed by atoms with van der Waals surface area (Å²) in [5, 5.41) is 7.68. The summed E-state index contributed by atoms with van der Waals surface area (Å²) in [5.74, 6) is -2.48. The number of methoxy groups -OCH3 is 1. The van der Waals surface area contributed by atoms with E-state index in [2.05, 4.69) is 15.6 Å². The lowest BCUT2D eigenvalue weighted by Gasteiger charge is -2.14. The zero-order valence-electron chi connectivity index (χ0n) is 12.0. The third-order valence-electron chi connectivity index (χ3n) is 3.00. The summed E-state index contributed by atoms with van der Waals surface area (Å²) in [5.41, 5.74) is 0.118. The number of hydrogen-bond donors (Lipinski definition) is 2. The second-order valence-corrected chi connectivity index (χ2v) is 5.38. The maximum Gasteiger partial charge on any atom is 0.243 e. The number of anilines is 1. The Balaban J connectivity index is 1.95. The number of rotatable bonds is 6. The van der Waals surface area contributed by atoms with Crippen LogP contribution in [0, 0.1) is 11.6 Å². The number of carbonyl (C=O) groups is 1. The Labute approximate surface area is 130 Å². The fourth-order valence-corrected chi connectivity index (χ4v) is 2.25. The van der Waals surface area contributed by atoms with Gasteiger partial charge in [-0.15, -0.1) is 11.3 Å². The van der Waals surface area contributed by atoms with Crippen molar-refractivity contribution in [3.05, 3.63) is 40.9 Å². The largest absolute Gasteiger partial charge is 0.494 e. The second-order valence-electron chi connectivity index (χ2n) is 4.48. The molecule has 0 aliphatic carbocycles. The smallest absolute Gasteiger partial charge is 0.243 e. The van der Waals surface area contributed by atoms with Crippen LogP contribution in [-0.4, -0.2) is 24.0 Å². The summed E-state index contributed by atoms with van der Waals surface area (Å²) in [4.78, 5) is 15.8. The Morgan fingerprint density at radius 1 is 1.41 bits per heavy atom. The molecule has 0 unspecified atom stereocenters. The third kappa shape index (κ3) is 3.77. The minimum Gasteiger partial charge on any atom is -0.494 e. The van der Waals surface area contributed by atoms with Crippen molar-refractivity contribution in [1.29, 1.82) is 0 Å². The third-order valence-corrected chi connectivity index (χ3v) is 3.69. The SMILES string of the molecule is COc1ccc(CN[C@H](C)C(=O)Nc2nccs2)c(F)c1F. The molecule has 0 radical (unpaired) electrons. The molecule has 1 amide bonds. The van der Waals surface area contributed by atoms with E-state index < -0.39 is 17.7 Å². The first-order valence-electron chi connectivity index (χ1n) is 6.47. The van der Waals surface area contributed by atoms with E-state index in [9.17, 15) is 13.6 Å². The van der Waals surface area contributed by atoms with Gasteiger partial charge in [0.05, 0.1) is 13.2 Å². The maximum atomic E-state index is 13.8. The number of aromatic nitrogens is 1. The van der Waals surface area contributed by atoms with Crippen LogP contribution in [0.2, 0.25) is 0 Å². The highest BCUT2D eigenvalue weighted by Gasteiger charge is 2.17. The predicted octanol–water partition coefficient (Wildman–Crippen LogP) is 2.55. The van der Waals surface area contributed by atoms with Crippen LogP contribution in [0.1, 0.15) is 12.5 Å². The molecule has 0 saturated carbocycles. The van der Waals surface area contributed by atoms with Gasteiger partial charge in [0.25, 0.3) is 0 Å². The molecule has 0 spiro atoms. The zero-order chi connectivity index (χ0) is 16.1. The molecule has 0 fully saturated rings. The molecule has 5 nitrogen and oxygen atoms in total.